The first-order valence-electron chi connectivity index (χ1n) is 5.18. The lowest BCUT2D eigenvalue weighted by molar-refractivity contribution is 0.115. The van der Waals surface area contributed by atoms with E-state index in [9.17, 15) is 4.79 Å². The molecule has 0 fully saturated rings. The minimum absolute atomic E-state index is 0.230. The van der Waals surface area contributed by atoms with Crippen LogP contribution in [0.5, 0.6) is 0 Å². The molecule has 4 nitrogen and oxygen atoms in total. The minimum Gasteiger partial charge on any atom is -0.450 e. The lowest BCUT2D eigenvalue weighted by Gasteiger charge is -2.18. The van der Waals surface area contributed by atoms with Crippen LogP contribution in [0.3, 0.4) is 0 Å². The fourth-order valence-corrected chi connectivity index (χ4v) is 1.06. The van der Waals surface area contributed by atoms with Gasteiger partial charge < -0.3 is 14.5 Å². The predicted octanol–water partition coefficient (Wildman–Crippen LogP) is 1.42. The van der Waals surface area contributed by atoms with Gasteiger partial charge in [-0.05, 0) is 33.5 Å². The third-order valence-corrected chi connectivity index (χ3v) is 2.15. The highest BCUT2D eigenvalue weighted by Crippen LogP contribution is 1.94. The van der Waals surface area contributed by atoms with Crippen molar-refractivity contribution in [2.75, 3.05) is 40.3 Å². The highest BCUT2D eigenvalue weighted by atomic mass is 16.5. The summed E-state index contributed by atoms with van der Waals surface area (Å²) in [5.41, 5.74) is 0. The van der Waals surface area contributed by atoms with Gasteiger partial charge in [0.05, 0.1) is 6.61 Å². The lowest BCUT2D eigenvalue weighted by atomic mass is 10.4. The number of amides is 1. The molecule has 1 amide bonds. The number of hydrogen-bond donors (Lipinski definition) is 0. The van der Waals surface area contributed by atoms with Gasteiger partial charge in [-0.25, -0.2) is 4.79 Å². The Balaban J connectivity index is 3.52. The van der Waals surface area contributed by atoms with Crippen molar-refractivity contribution in [3.63, 3.8) is 0 Å². The number of carbonyl (C=O) groups is 1. The zero-order chi connectivity index (χ0) is 11.0. The Kier molecular flexibility index (Phi) is 7.20. The Labute approximate surface area is 86.8 Å². The number of rotatable bonds is 6. The van der Waals surface area contributed by atoms with Crippen molar-refractivity contribution in [1.29, 1.82) is 0 Å². The maximum atomic E-state index is 11.2. The van der Waals surface area contributed by atoms with Gasteiger partial charge in [0.2, 0.25) is 0 Å². The summed E-state index contributed by atoms with van der Waals surface area (Å²) in [6.45, 7) is 7.19. The maximum Gasteiger partial charge on any atom is 0.409 e. The second-order valence-corrected chi connectivity index (χ2v) is 3.37. The Morgan fingerprint density at radius 2 is 1.86 bits per heavy atom. The van der Waals surface area contributed by atoms with Crippen LogP contribution in [-0.2, 0) is 4.74 Å². The highest BCUT2D eigenvalue weighted by Gasteiger charge is 2.07. The largest absolute Gasteiger partial charge is 0.450 e. The average Bonchev–Trinajstić information content (AvgIpc) is 2.17. The summed E-state index contributed by atoms with van der Waals surface area (Å²) in [6.07, 6.45) is 0.756. The van der Waals surface area contributed by atoms with Gasteiger partial charge in [0, 0.05) is 13.6 Å². The van der Waals surface area contributed by atoms with Crippen molar-refractivity contribution in [3.8, 4) is 0 Å². The van der Waals surface area contributed by atoms with E-state index in [1.54, 1.807) is 11.9 Å². The van der Waals surface area contributed by atoms with Gasteiger partial charge in [0.1, 0.15) is 0 Å². The zero-order valence-electron chi connectivity index (χ0n) is 9.75. The first-order valence-corrected chi connectivity index (χ1v) is 5.18. The molecule has 0 radical (unpaired) electrons. The predicted molar refractivity (Wildman–Crippen MR) is 57.4 cm³/mol. The Bertz CT molecular complexity index is 162. The average molecular weight is 202 g/mol. The molecule has 0 N–H and O–H groups in total. The fourth-order valence-electron chi connectivity index (χ4n) is 1.06. The number of ether oxygens (including phenoxy) is 1. The molecule has 0 unspecified atom stereocenters. The molecule has 0 aliphatic carbocycles. The molecular formula is C10H22N2O2. The van der Waals surface area contributed by atoms with Crippen LogP contribution in [0.4, 0.5) is 4.79 Å². The van der Waals surface area contributed by atoms with Crippen LogP contribution in [0.2, 0.25) is 0 Å². The van der Waals surface area contributed by atoms with E-state index in [0.29, 0.717) is 6.61 Å². The summed E-state index contributed by atoms with van der Waals surface area (Å²) in [5, 5.41) is 0. The van der Waals surface area contributed by atoms with E-state index in [1.807, 2.05) is 6.92 Å². The normalized spacial score (nSPS) is 10.4. The van der Waals surface area contributed by atoms with E-state index < -0.39 is 0 Å². The molecule has 4 heteroatoms. The third-order valence-electron chi connectivity index (χ3n) is 2.15. The fraction of sp³-hybridized carbons (Fsp3) is 0.900. The smallest absolute Gasteiger partial charge is 0.409 e. The molecule has 0 aromatic rings. The van der Waals surface area contributed by atoms with E-state index in [-0.39, 0.29) is 6.09 Å². The van der Waals surface area contributed by atoms with Gasteiger partial charge in [0.25, 0.3) is 0 Å². The first kappa shape index (κ1) is 13.2. The number of hydrogen-bond acceptors (Lipinski definition) is 3. The van der Waals surface area contributed by atoms with Gasteiger partial charge in [0.15, 0.2) is 0 Å². The Morgan fingerprint density at radius 1 is 1.21 bits per heavy atom. The summed E-state index contributed by atoms with van der Waals surface area (Å²) in [5.74, 6) is 0. The standard InChI is InChI=1S/C10H22N2O2/c1-5-11(3)8-7-9-12(4)10(13)14-6-2/h5-9H2,1-4H3. The van der Waals surface area contributed by atoms with Gasteiger partial charge in [-0.1, -0.05) is 6.92 Å². The number of nitrogens with zero attached hydrogens (tertiary/aromatic N) is 2. The van der Waals surface area contributed by atoms with Crippen LogP contribution in [0.25, 0.3) is 0 Å². The van der Waals surface area contributed by atoms with E-state index in [0.717, 1.165) is 26.1 Å². The Hall–Kier alpha value is -0.770. The maximum absolute atomic E-state index is 11.2. The van der Waals surface area contributed by atoms with Crippen molar-refractivity contribution in [2.24, 2.45) is 0 Å². The van der Waals surface area contributed by atoms with Crippen LogP contribution in [0, 0.1) is 0 Å². The van der Waals surface area contributed by atoms with Crippen LogP contribution >= 0.6 is 0 Å². The molecule has 0 saturated carbocycles. The van der Waals surface area contributed by atoms with Gasteiger partial charge >= 0.3 is 6.09 Å². The summed E-state index contributed by atoms with van der Waals surface area (Å²) < 4.78 is 4.86. The summed E-state index contributed by atoms with van der Waals surface area (Å²) >= 11 is 0. The molecule has 84 valence electrons. The molecule has 0 aliphatic heterocycles. The monoisotopic (exact) mass is 202 g/mol. The van der Waals surface area contributed by atoms with Gasteiger partial charge in [-0.2, -0.15) is 0 Å². The second-order valence-electron chi connectivity index (χ2n) is 3.37. The molecule has 14 heavy (non-hydrogen) atoms. The van der Waals surface area contributed by atoms with Crippen LogP contribution in [0.1, 0.15) is 20.3 Å². The minimum atomic E-state index is -0.230. The van der Waals surface area contributed by atoms with E-state index in [4.69, 9.17) is 4.74 Å². The molecule has 0 atom stereocenters. The SMILES string of the molecule is CCOC(=O)N(C)CCCN(C)CC. The first-order chi connectivity index (χ1) is 6.61. The number of carbonyl (C=O) groups excluding carboxylic acids is 1. The lowest BCUT2D eigenvalue weighted by Crippen LogP contribution is -2.30. The van der Waals surface area contributed by atoms with Crippen LogP contribution in [-0.4, -0.2) is 56.2 Å². The molecule has 0 aliphatic rings. The van der Waals surface area contributed by atoms with E-state index in [1.165, 1.54) is 0 Å². The molecule has 0 aromatic heterocycles. The molecule has 0 saturated heterocycles. The van der Waals surface area contributed by atoms with Crippen molar-refractivity contribution in [3.05, 3.63) is 0 Å². The summed E-state index contributed by atoms with van der Waals surface area (Å²) in [4.78, 5) is 15.0. The topological polar surface area (TPSA) is 32.8 Å². The van der Waals surface area contributed by atoms with E-state index in [2.05, 4.69) is 18.9 Å². The van der Waals surface area contributed by atoms with E-state index >= 15 is 0 Å². The molecular weight excluding hydrogens is 180 g/mol. The summed E-state index contributed by atoms with van der Waals surface area (Å²) in [6, 6.07) is 0. The molecule has 0 aromatic carbocycles. The molecule has 0 spiro atoms. The Morgan fingerprint density at radius 3 is 2.36 bits per heavy atom. The van der Waals surface area contributed by atoms with Crippen molar-refractivity contribution < 1.29 is 9.53 Å². The second kappa shape index (κ2) is 7.62. The molecule has 0 heterocycles. The van der Waals surface area contributed by atoms with Gasteiger partial charge in [-0.3, -0.25) is 0 Å². The highest BCUT2D eigenvalue weighted by molar-refractivity contribution is 5.67. The van der Waals surface area contributed by atoms with Crippen molar-refractivity contribution >= 4 is 6.09 Å². The zero-order valence-corrected chi connectivity index (χ0v) is 9.75. The molecule has 0 rings (SSSR count). The quantitative estimate of drug-likeness (QED) is 0.653. The van der Waals surface area contributed by atoms with Crippen molar-refractivity contribution in [2.45, 2.75) is 20.3 Å². The molecule has 0 bridgehead atoms. The summed E-state index contributed by atoms with van der Waals surface area (Å²) in [7, 11) is 3.84. The van der Waals surface area contributed by atoms with Crippen LogP contribution in [0.15, 0.2) is 0 Å². The van der Waals surface area contributed by atoms with Crippen LogP contribution < -0.4 is 0 Å². The van der Waals surface area contributed by atoms with Crippen molar-refractivity contribution in [1.82, 2.24) is 9.80 Å². The third kappa shape index (κ3) is 5.80. The van der Waals surface area contributed by atoms with Gasteiger partial charge in [-0.15, -0.1) is 0 Å².